The number of carboxylic acid groups (broad SMARTS) is 1. The molecular weight excluding hydrogens is 296 g/mol. The van der Waals surface area contributed by atoms with Gasteiger partial charge in [-0.2, -0.15) is 0 Å². The molecule has 0 aliphatic heterocycles. The zero-order valence-electron chi connectivity index (χ0n) is 12.2. The van der Waals surface area contributed by atoms with E-state index in [0.717, 1.165) is 0 Å². The molecule has 0 aliphatic rings. The molecule has 0 aromatic heterocycles. The highest BCUT2D eigenvalue weighted by Crippen LogP contribution is 2.27. The number of hydrogen-bond acceptors (Lipinski definition) is 4. The Morgan fingerprint density at radius 3 is 2.71 bits per heavy atom. The molecule has 2 N–H and O–H groups in total. The van der Waals surface area contributed by atoms with E-state index in [1.807, 2.05) is 0 Å². The highest BCUT2D eigenvalue weighted by Gasteiger charge is 2.17. The van der Waals surface area contributed by atoms with Crippen LogP contribution < -0.4 is 10.1 Å². The normalized spacial score (nSPS) is 12.0. The van der Waals surface area contributed by atoms with E-state index in [0.29, 0.717) is 23.0 Å². The average molecular weight is 315 g/mol. The van der Waals surface area contributed by atoms with Crippen LogP contribution in [-0.2, 0) is 9.59 Å². The van der Waals surface area contributed by atoms with E-state index in [9.17, 15) is 9.59 Å². The van der Waals surface area contributed by atoms with Gasteiger partial charge in [-0.05, 0) is 32.2 Å². The van der Waals surface area contributed by atoms with Crippen LogP contribution in [0.25, 0.3) is 0 Å². The van der Waals surface area contributed by atoms with Crippen molar-refractivity contribution in [2.75, 3.05) is 26.0 Å². The fraction of sp³-hybridized carbons (Fsp3) is 0.429. The molecule has 0 saturated carbocycles. The van der Waals surface area contributed by atoms with Crippen LogP contribution in [0.1, 0.15) is 13.3 Å². The largest absolute Gasteiger partial charge is 0.495 e. The summed E-state index contributed by atoms with van der Waals surface area (Å²) in [6, 6.07) is 4.29. The predicted molar refractivity (Wildman–Crippen MR) is 81.0 cm³/mol. The maximum absolute atomic E-state index is 11.9. The van der Waals surface area contributed by atoms with Crippen molar-refractivity contribution < 1.29 is 19.4 Å². The minimum Gasteiger partial charge on any atom is -0.495 e. The summed E-state index contributed by atoms with van der Waals surface area (Å²) >= 11 is 5.88. The second kappa shape index (κ2) is 7.85. The lowest BCUT2D eigenvalue weighted by Gasteiger charge is -2.20. The quantitative estimate of drug-likeness (QED) is 0.805. The molecule has 116 valence electrons. The Kier molecular flexibility index (Phi) is 6.45. The average Bonchev–Trinajstić information content (AvgIpc) is 2.44. The maximum Gasteiger partial charge on any atom is 0.320 e. The predicted octanol–water partition coefficient (Wildman–Crippen LogP) is 2.08. The van der Waals surface area contributed by atoms with Gasteiger partial charge in [-0.25, -0.2) is 0 Å². The van der Waals surface area contributed by atoms with Gasteiger partial charge in [-0.3, -0.25) is 14.5 Å². The van der Waals surface area contributed by atoms with Gasteiger partial charge < -0.3 is 15.2 Å². The summed E-state index contributed by atoms with van der Waals surface area (Å²) in [5, 5.41) is 12.1. The van der Waals surface area contributed by atoms with E-state index < -0.39 is 12.0 Å². The highest BCUT2D eigenvalue weighted by molar-refractivity contribution is 6.31. The van der Waals surface area contributed by atoms with Crippen molar-refractivity contribution in [3.8, 4) is 5.75 Å². The van der Waals surface area contributed by atoms with Crippen LogP contribution in [0.5, 0.6) is 5.75 Å². The molecule has 1 unspecified atom stereocenters. The number of ether oxygens (including phenoxy) is 1. The van der Waals surface area contributed by atoms with E-state index in [2.05, 4.69) is 5.32 Å². The second-order valence-corrected chi connectivity index (χ2v) is 5.07. The van der Waals surface area contributed by atoms with E-state index in [1.54, 1.807) is 37.1 Å². The smallest absolute Gasteiger partial charge is 0.320 e. The fourth-order valence-corrected chi connectivity index (χ4v) is 1.82. The maximum atomic E-state index is 11.9. The van der Waals surface area contributed by atoms with Gasteiger partial charge in [0.25, 0.3) is 0 Å². The number of anilines is 1. The van der Waals surface area contributed by atoms with Gasteiger partial charge in [0.05, 0.1) is 12.8 Å². The topological polar surface area (TPSA) is 78.9 Å². The molecule has 1 aromatic carbocycles. The Labute approximate surface area is 128 Å². The van der Waals surface area contributed by atoms with Gasteiger partial charge in [-0.1, -0.05) is 11.6 Å². The molecule has 21 heavy (non-hydrogen) atoms. The Bertz CT molecular complexity index is 522. The number of amides is 1. The molecule has 0 bridgehead atoms. The molecule has 0 aliphatic carbocycles. The SMILES string of the molecule is COc1ccc(Cl)cc1NC(=O)CCN(C)C(C)C(=O)O. The molecule has 6 nitrogen and oxygen atoms in total. The van der Waals surface area contributed by atoms with Crippen molar-refractivity contribution in [3.63, 3.8) is 0 Å². The zero-order valence-corrected chi connectivity index (χ0v) is 13.0. The first-order valence-electron chi connectivity index (χ1n) is 6.41. The number of carbonyl (C=O) groups is 2. The van der Waals surface area contributed by atoms with Crippen LogP contribution in [0.15, 0.2) is 18.2 Å². The summed E-state index contributed by atoms with van der Waals surface area (Å²) in [5.41, 5.74) is 0.490. The standard InChI is InChI=1S/C14H19ClN2O4/c1-9(14(19)20)17(2)7-6-13(18)16-11-8-10(15)4-5-12(11)21-3/h4-5,8-9H,6-7H2,1-3H3,(H,16,18)(H,19,20). The van der Waals surface area contributed by atoms with E-state index in [-0.39, 0.29) is 12.3 Å². The Hall–Kier alpha value is -1.79. The first-order chi connectivity index (χ1) is 9.85. The van der Waals surface area contributed by atoms with Crippen molar-refractivity contribution in [1.82, 2.24) is 4.90 Å². The van der Waals surface area contributed by atoms with Crippen molar-refractivity contribution in [2.24, 2.45) is 0 Å². The molecule has 1 rings (SSSR count). The van der Waals surface area contributed by atoms with Crippen molar-refractivity contribution in [3.05, 3.63) is 23.2 Å². The third-order valence-corrected chi connectivity index (χ3v) is 3.38. The number of carbonyl (C=O) groups excluding carboxylic acids is 1. The van der Waals surface area contributed by atoms with Gasteiger partial charge in [-0.15, -0.1) is 0 Å². The molecule has 0 heterocycles. The Morgan fingerprint density at radius 1 is 1.48 bits per heavy atom. The number of nitrogens with one attached hydrogen (secondary N) is 1. The molecule has 1 amide bonds. The number of hydrogen-bond donors (Lipinski definition) is 2. The molecular formula is C14H19ClN2O4. The number of carboxylic acids is 1. The van der Waals surface area contributed by atoms with E-state index >= 15 is 0 Å². The lowest BCUT2D eigenvalue weighted by atomic mass is 10.2. The number of aliphatic carboxylic acids is 1. The zero-order chi connectivity index (χ0) is 16.0. The van der Waals surface area contributed by atoms with Crippen molar-refractivity contribution in [2.45, 2.75) is 19.4 Å². The minimum atomic E-state index is -0.922. The van der Waals surface area contributed by atoms with Crippen LogP contribution in [0, 0.1) is 0 Å². The lowest BCUT2D eigenvalue weighted by Crippen LogP contribution is -2.37. The summed E-state index contributed by atoms with van der Waals surface area (Å²) in [6.07, 6.45) is 0.170. The van der Waals surface area contributed by atoms with Gasteiger partial charge in [0.2, 0.25) is 5.91 Å². The number of benzene rings is 1. The summed E-state index contributed by atoms with van der Waals surface area (Å²) in [4.78, 5) is 24.3. The fourth-order valence-electron chi connectivity index (χ4n) is 1.65. The highest BCUT2D eigenvalue weighted by atomic mass is 35.5. The molecule has 0 saturated heterocycles. The van der Waals surface area contributed by atoms with Crippen LogP contribution in [-0.4, -0.2) is 48.6 Å². The van der Waals surface area contributed by atoms with Gasteiger partial charge >= 0.3 is 5.97 Å². The van der Waals surface area contributed by atoms with E-state index in [1.165, 1.54) is 7.11 Å². The van der Waals surface area contributed by atoms with Crippen LogP contribution in [0.3, 0.4) is 0 Å². The number of likely N-dealkylation sites (N-methyl/N-ethyl adjacent to an activating group) is 1. The number of rotatable bonds is 7. The summed E-state index contributed by atoms with van der Waals surface area (Å²) in [5.74, 6) is -0.644. The lowest BCUT2D eigenvalue weighted by molar-refractivity contribution is -0.142. The molecule has 1 aromatic rings. The molecule has 7 heteroatoms. The summed E-state index contributed by atoms with van der Waals surface area (Å²) in [6.45, 7) is 1.91. The first kappa shape index (κ1) is 17.3. The molecule has 0 fully saturated rings. The van der Waals surface area contributed by atoms with E-state index in [4.69, 9.17) is 21.4 Å². The monoisotopic (exact) mass is 314 g/mol. The first-order valence-corrected chi connectivity index (χ1v) is 6.79. The van der Waals surface area contributed by atoms with Gasteiger partial charge in [0, 0.05) is 18.0 Å². The Morgan fingerprint density at radius 2 is 2.14 bits per heavy atom. The van der Waals surface area contributed by atoms with Gasteiger partial charge in [0.15, 0.2) is 0 Å². The molecule has 0 spiro atoms. The Balaban J connectivity index is 2.58. The molecule has 0 radical (unpaired) electrons. The van der Waals surface area contributed by atoms with Crippen LogP contribution in [0.2, 0.25) is 5.02 Å². The number of methoxy groups -OCH3 is 1. The molecule has 1 atom stereocenters. The van der Waals surface area contributed by atoms with Crippen LogP contribution in [0.4, 0.5) is 5.69 Å². The van der Waals surface area contributed by atoms with Crippen LogP contribution >= 0.6 is 11.6 Å². The number of nitrogens with zero attached hydrogens (tertiary/aromatic N) is 1. The summed E-state index contributed by atoms with van der Waals surface area (Å²) in [7, 11) is 3.16. The van der Waals surface area contributed by atoms with Crippen molar-refractivity contribution in [1.29, 1.82) is 0 Å². The third-order valence-electron chi connectivity index (χ3n) is 3.15. The van der Waals surface area contributed by atoms with Crippen molar-refractivity contribution >= 4 is 29.2 Å². The third kappa shape index (κ3) is 5.24. The summed E-state index contributed by atoms with van der Waals surface area (Å²) < 4.78 is 5.13. The number of halogens is 1. The van der Waals surface area contributed by atoms with Gasteiger partial charge in [0.1, 0.15) is 11.8 Å². The minimum absolute atomic E-state index is 0.170. The second-order valence-electron chi connectivity index (χ2n) is 4.64.